The van der Waals surface area contributed by atoms with Gasteiger partial charge in [0.25, 0.3) is 0 Å². The highest BCUT2D eigenvalue weighted by Gasteiger charge is 2.33. The number of benzene rings is 1. The van der Waals surface area contributed by atoms with Crippen LogP contribution < -0.4 is 0 Å². The molecule has 1 aromatic carbocycles. The minimum absolute atomic E-state index is 0.0828. The molecule has 2 atom stereocenters. The van der Waals surface area contributed by atoms with Gasteiger partial charge >= 0.3 is 6.09 Å². The van der Waals surface area contributed by atoms with Gasteiger partial charge in [-0.15, -0.1) is 0 Å². The summed E-state index contributed by atoms with van der Waals surface area (Å²) < 4.78 is 5.37. The minimum Gasteiger partial charge on any atom is -0.449 e. The highest BCUT2D eigenvalue weighted by Crippen LogP contribution is 2.29. The van der Waals surface area contributed by atoms with Crippen molar-refractivity contribution in [2.45, 2.75) is 33.1 Å². The van der Waals surface area contributed by atoms with Gasteiger partial charge in [-0.3, -0.25) is 0 Å². The molecular formula is C19H26N2O2. The molecule has 23 heavy (non-hydrogen) atoms. The van der Waals surface area contributed by atoms with E-state index in [0.29, 0.717) is 31.5 Å². The fourth-order valence-electron chi connectivity index (χ4n) is 3.24. The average molecular weight is 314 g/mol. The largest absolute Gasteiger partial charge is 0.449 e. The number of likely N-dealkylation sites (tertiary alicyclic amines) is 1. The number of carbonyl (C=O) groups is 1. The first-order valence-electron chi connectivity index (χ1n) is 8.47. The standard InChI is InChI=1S/C19H26N2O2/c1-15(2)18-10-11-21(14-17(18)13-20)19(22)23-12-6-9-16-7-4-3-5-8-16/h3-5,7-8,15,17-18H,6,9-12,14H2,1-2H3. The Bertz CT molecular complexity index is 536. The minimum atomic E-state index is -0.277. The molecule has 0 bridgehead atoms. The van der Waals surface area contributed by atoms with Gasteiger partial charge in [0.05, 0.1) is 18.6 Å². The molecule has 1 aromatic rings. The average Bonchev–Trinajstić information content (AvgIpc) is 2.58. The lowest BCUT2D eigenvalue weighted by Crippen LogP contribution is -2.45. The van der Waals surface area contributed by atoms with Crippen LogP contribution in [0.1, 0.15) is 32.3 Å². The zero-order valence-electron chi connectivity index (χ0n) is 14.1. The predicted molar refractivity (Wildman–Crippen MR) is 89.7 cm³/mol. The SMILES string of the molecule is CC(C)C1CCN(C(=O)OCCCc2ccccc2)CC1C#N. The maximum Gasteiger partial charge on any atom is 0.409 e. The number of rotatable bonds is 5. The van der Waals surface area contributed by atoms with Crippen molar-refractivity contribution in [3.05, 3.63) is 35.9 Å². The van der Waals surface area contributed by atoms with E-state index < -0.39 is 0 Å². The van der Waals surface area contributed by atoms with Gasteiger partial charge in [0.2, 0.25) is 0 Å². The third kappa shape index (κ3) is 4.99. The Labute approximate surface area is 139 Å². The van der Waals surface area contributed by atoms with E-state index >= 15 is 0 Å². The second-order valence-electron chi connectivity index (χ2n) is 6.58. The molecule has 1 saturated heterocycles. The van der Waals surface area contributed by atoms with Gasteiger partial charge in [-0.2, -0.15) is 5.26 Å². The zero-order valence-corrected chi connectivity index (χ0v) is 14.1. The van der Waals surface area contributed by atoms with Crippen molar-refractivity contribution in [2.24, 2.45) is 17.8 Å². The van der Waals surface area contributed by atoms with Gasteiger partial charge in [0, 0.05) is 13.1 Å². The predicted octanol–water partition coefficient (Wildman–Crippen LogP) is 3.87. The molecule has 1 aliphatic heterocycles. The quantitative estimate of drug-likeness (QED) is 0.775. The van der Waals surface area contributed by atoms with E-state index in [4.69, 9.17) is 4.74 Å². The molecule has 0 N–H and O–H groups in total. The molecule has 4 nitrogen and oxygen atoms in total. The van der Waals surface area contributed by atoms with Gasteiger partial charge in [-0.1, -0.05) is 44.2 Å². The molecule has 0 aliphatic carbocycles. The molecule has 2 unspecified atom stereocenters. The maximum atomic E-state index is 12.1. The lowest BCUT2D eigenvalue weighted by Gasteiger charge is -2.36. The number of aryl methyl sites for hydroxylation is 1. The number of amides is 1. The number of nitriles is 1. The first-order valence-corrected chi connectivity index (χ1v) is 8.47. The number of hydrogen-bond acceptors (Lipinski definition) is 3. The van der Waals surface area contributed by atoms with Crippen molar-refractivity contribution >= 4 is 6.09 Å². The third-order valence-corrected chi connectivity index (χ3v) is 4.62. The van der Waals surface area contributed by atoms with Crippen LogP contribution in [0.2, 0.25) is 0 Å². The molecule has 0 spiro atoms. The fraction of sp³-hybridized carbons (Fsp3) is 0.579. The summed E-state index contributed by atoms with van der Waals surface area (Å²) in [5, 5.41) is 9.32. The third-order valence-electron chi connectivity index (χ3n) is 4.62. The van der Waals surface area contributed by atoms with E-state index in [9.17, 15) is 10.1 Å². The molecule has 2 rings (SSSR count). The molecular weight excluding hydrogens is 288 g/mol. The van der Waals surface area contributed by atoms with Crippen LogP contribution in [-0.2, 0) is 11.2 Å². The number of hydrogen-bond donors (Lipinski definition) is 0. The second kappa shape index (κ2) is 8.57. The van der Waals surface area contributed by atoms with E-state index in [2.05, 4.69) is 32.0 Å². The monoisotopic (exact) mass is 314 g/mol. The van der Waals surface area contributed by atoms with Gasteiger partial charge in [-0.25, -0.2) is 4.79 Å². The lowest BCUT2D eigenvalue weighted by molar-refractivity contribution is 0.0698. The van der Waals surface area contributed by atoms with Gasteiger partial charge in [0.1, 0.15) is 0 Å². The van der Waals surface area contributed by atoms with Crippen LogP contribution in [0.25, 0.3) is 0 Å². The number of carbonyl (C=O) groups excluding carboxylic acids is 1. The van der Waals surface area contributed by atoms with Crippen molar-refractivity contribution in [1.29, 1.82) is 5.26 Å². The smallest absolute Gasteiger partial charge is 0.409 e. The number of nitrogens with zero attached hydrogens (tertiary/aromatic N) is 2. The summed E-state index contributed by atoms with van der Waals surface area (Å²) in [6.07, 6.45) is 2.33. The summed E-state index contributed by atoms with van der Waals surface area (Å²) in [7, 11) is 0. The molecule has 0 radical (unpaired) electrons. The molecule has 0 aromatic heterocycles. The Morgan fingerprint density at radius 2 is 2.13 bits per heavy atom. The molecule has 1 aliphatic rings. The summed E-state index contributed by atoms with van der Waals surface area (Å²) in [6.45, 7) is 5.91. The Hall–Kier alpha value is -2.02. The van der Waals surface area contributed by atoms with E-state index in [-0.39, 0.29) is 12.0 Å². The normalized spacial score (nSPS) is 21.0. The zero-order chi connectivity index (χ0) is 16.7. The Balaban J connectivity index is 1.73. The number of ether oxygens (including phenoxy) is 1. The van der Waals surface area contributed by atoms with Gasteiger partial charge in [0.15, 0.2) is 0 Å². The highest BCUT2D eigenvalue weighted by atomic mass is 16.6. The van der Waals surface area contributed by atoms with Crippen molar-refractivity contribution in [3.8, 4) is 6.07 Å². The van der Waals surface area contributed by atoms with Crippen molar-refractivity contribution in [3.63, 3.8) is 0 Å². The van der Waals surface area contributed by atoms with Crippen molar-refractivity contribution < 1.29 is 9.53 Å². The van der Waals surface area contributed by atoms with Crippen molar-refractivity contribution in [2.75, 3.05) is 19.7 Å². The summed E-state index contributed by atoms with van der Waals surface area (Å²) in [5.74, 6) is 0.770. The Kier molecular flexibility index (Phi) is 6.46. The first-order chi connectivity index (χ1) is 11.1. The summed E-state index contributed by atoms with van der Waals surface area (Å²) in [6, 6.07) is 12.5. The number of piperidine rings is 1. The van der Waals surface area contributed by atoms with Crippen molar-refractivity contribution in [1.82, 2.24) is 4.90 Å². The van der Waals surface area contributed by atoms with Crippen LogP contribution in [-0.4, -0.2) is 30.7 Å². The Morgan fingerprint density at radius 1 is 1.39 bits per heavy atom. The van der Waals surface area contributed by atoms with E-state index in [1.165, 1.54) is 5.56 Å². The molecule has 1 fully saturated rings. The van der Waals surface area contributed by atoms with E-state index in [0.717, 1.165) is 19.3 Å². The maximum absolute atomic E-state index is 12.1. The van der Waals surface area contributed by atoms with Crippen LogP contribution in [0.4, 0.5) is 4.79 Å². The highest BCUT2D eigenvalue weighted by molar-refractivity contribution is 5.67. The van der Waals surface area contributed by atoms with Crippen LogP contribution in [0, 0.1) is 29.1 Å². The van der Waals surface area contributed by atoms with Crippen LogP contribution in [0.15, 0.2) is 30.3 Å². The van der Waals surface area contributed by atoms with Crippen LogP contribution in [0.5, 0.6) is 0 Å². The summed E-state index contributed by atoms with van der Waals surface area (Å²) in [5.41, 5.74) is 1.26. The topological polar surface area (TPSA) is 53.3 Å². The Morgan fingerprint density at radius 3 is 2.78 bits per heavy atom. The molecule has 4 heteroatoms. The van der Waals surface area contributed by atoms with Crippen LogP contribution >= 0.6 is 0 Å². The molecule has 1 amide bonds. The first kappa shape index (κ1) is 17.3. The molecule has 1 heterocycles. The van der Waals surface area contributed by atoms with E-state index in [1.807, 2.05) is 18.2 Å². The fourth-order valence-corrected chi connectivity index (χ4v) is 3.24. The summed E-state index contributed by atoms with van der Waals surface area (Å²) >= 11 is 0. The summed E-state index contributed by atoms with van der Waals surface area (Å²) in [4.78, 5) is 13.8. The molecule has 0 saturated carbocycles. The second-order valence-corrected chi connectivity index (χ2v) is 6.58. The van der Waals surface area contributed by atoms with Gasteiger partial charge < -0.3 is 9.64 Å². The van der Waals surface area contributed by atoms with Crippen LogP contribution in [0.3, 0.4) is 0 Å². The lowest BCUT2D eigenvalue weighted by atomic mass is 9.79. The molecule has 124 valence electrons. The van der Waals surface area contributed by atoms with E-state index in [1.54, 1.807) is 4.90 Å². The van der Waals surface area contributed by atoms with Gasteiger partial charge in [-0.05, 0) is 36.7 Å².